The van der Waals surface area contributed by atoms with Gasteiger partial charge in [0.1, 0.15) is 0 Å². The van der Waals surface area contributed by atoms with Crippen LogP contribution in [0.5, 0.6) is 0 Å². The van der Waals surface area contributed by atoms with E-state index in [2.05, 4.69) is 22.4 Å². The van der Waals surface area contributed by atoms with E-state index >= 15 is 0 Å². The number of aromatic nitrogens is 4. The molecule has 0 spiro atoms. The van der Waals surface area contributed by atoms with Crippen molar-refractivity contribution in [1.29, 1.82) is 0 Å². The van der Waals surface area contributed by atoms with Crippen molar-refractivity contribution < 1.29 is 9.90 Å². The first-order valence-corrected chi connectivity index (χ1v) is 5.79. The number of aryl methyl sites for hydroxylation is 1. The van der Waals surface area contributed by atoms with Gasteiger partial charge in [-0.3, -0.25) is 9.69 Å². The lowest BCUT2D eigenvalue weighted by Gasteiger charge is -2.15. The Hall–Kier alpha value is -1.50. The van der Waals surface area contributed by atoms with E-state index in [1.165, 1.54) is 0 Å². The van der Waals surface area contributed by atoms with Crippen molar-refractivity contribution in [2.45, 2.75) is 39.3 Å². The largest absolute Gasteiger partial charge is 0.481 e. The van der Waals surface area contributed by atoms with Crippen molar-refractivity contribution in [3.63, 3.8) is 0 Å². The molecule has 1 aromatic rings. The van der Waals surface area contributed by atoms with E-state index in [1.807, 2.05) is 11.9 Å². The molecule has 0 aliphatic rings. The number of hydrogen-bond acceptors (Lipinski definition) is 5. The van der Waals surface area contributed by atoms with Crippen LogP contribution in [0.3, 0.4) is 0 Å². The third-order valence-corrected chi connectivity index (χ3v) is 2.38. The average molecular weight is 241 g/mol. The molecule has 0 bridgehead atoms. The number of carboxylic acid groups (broad SMARTS) is 1. The molecule has 0 aliphatic carbocycles. The highest BCUT2D eigenvalue weighted by molar-refractivity contribution is 5.66. The van der Waals surface area contributed by atoms with E-state index in [9.17, 15) is 4.79 Å². The van der Waals surface area contributed by atoms with Gasteiger partial charge in [0.2, 0.25) is 0 Å². The van der Waals surface area contributed by atoms with E-state index in [1.54, 1.807) is 4.68 Å². The number of tetrazole rings is 1. The number of hydrogen-bond donors (Lipinski definition) is 1. The molecule has 1 aromatic heterocycles. The van der Waals surface area contributed by atoms with Crippen LogP contribution in [0, 0.1) is 0 Å². The smallest absolute Gasteiger partial charge is 0.303 e. The first kappa shape index (κ1) is 13.6. The topological polar surface area (TPSA) is 84.1 Å². The maximum absolute atomic E-state index is 10.4. The normalized spacial score (nSPS) is 11.0. The molecule has 7 nitrogen and oxygen atoms in total. The summed E-state index contributed by atoms with van der Waals surface area (Å²) >= 11 is 0. The highest BCUT2D eigenvalue weighted by Crippen LogP contribution is 2.01. The molecule has 0 fully saturated rings. The second-order valence-corrected chi connectivity index (χ2v) is 4.05. The van der Waals surface area contributed by atoms with Crippen molar-refractivity contribution in [2.24, 2.45) is 0 Å². The Balaban J connectivity index is 2.36. The number of carboxylic acids is 1. The highest BCUT2D eigenvalue weighted by atomic mass is 16.4. The Bertz CT molecular complexity index is 352. The zero-order valence-corrected chi connectivity index (χ0v) is 10.3. The van der Waals surface area contributed by atoms with Crippen LogP contribution >= 0.6 is 0 Å². The Morgan fingerprint density at radius 2 is 2.29 bits per heavy atom. The maximum atomic E-state index is 10.4. The van der Waals surface area contributed by atoms with E-state index in [-0.39, 0.29) is 6.42 Å². The predicted molar refractivity (Wildman–Crippen MR) is 61.3 cm³/mol. The average Bonchev–Trinajstić information content (AvgIpc) is 2.66. The number of nitrogens with zero attached hydrogens (tertiary/aromatic N) is 5. The third kappa shape index (κ3) is 4.90. The first-order chi connectivity index (χ1) is 8.13. The second-order valence-electron chi connectivity index (χ2n) is 4.05. The van der Waals surface area contributed by atoms with Crippen LogP contribution in [-0.4, -0.2) is 49.8 Å². The highest BCUT2D eigenvalue weighted by Gasteiger charge is 2.08. The molecule has 1 rings (SSSR count). The molecule has 0 radical (unpaired) electrons. The molecule has 0 saturated carbocycles. The predicted octanol–water partition coefficient (Wildman–Crippen LogP) is 0.380. The molecular weight excluding hydrogens is 222 g/mol. The minimum atomic E-state index is -0.755. The molecule has 96 valence electrons. The van der Waals surface area contributed by atoms with Gasteiger partial charge in [0, 0.05) is 13.0 Å². The molecule has 1 N–H and O–H groups in total. The molecule has 0 amide bonds. The van der Waals surface area contributed by atoms with Crippen LogP contribution in [0.25, 0.3) is 0 Å². The van der Waals surface area contributed by atoms with Gasteiger partial charge in [0.05, 0.1) is 6.54 Å². The summed E-state index contributed by atoms with van der Waals surface area (Å²) in [6.07, 6.45) is 1.83. The fourth-order valence-electron chi connectivity index (χ4n) is 1.54. The minimum absolute atomic E-state index is 0.199. The zero-order valence-electron chi connectivity index (χ0n) is 10.3. The van der Waals surface area contributed by atoms with Gasteiger partial charge in [-0.2, -0.15) is 0 Å². The van der Waals surface area contributed by atoms with Gasteiger partial charge in [-0.25, -0.2) is 4.68 Å². The van der Waals surface area contributed by atoms with Crippen molar-refractivity contribution in [3.8, 4) is 0 Å². The monoisotopic (exact) mass is 241 g/mol. The Labute approximate surface area is 100 Å². The van der Waals surface area contributed by atoms with E-state index in [0.717, 1.165) is 25.3 Å². The number of carbonyl (C=O) groups is 1. The van der Waals surface area contributed by atoms with Gasteiger partial charge >= 0.3 is 5.97 Å². The molecule has 1 heterocycles. The van der Waals surface area contributed by atoms with Crippen molar-refractivity contribution in [3.05, 3.63) is 5.82 Å². The Morgan fingerprint density at radius 1 is 1.53 bits per heavy atom. The standard InChI is InChI=1S/C10H19N5O2/c1-3-6-15-9(11-12-13-15)8-14(2)7-4-5-10(16)17/h3-8H2,1-2H3,(H,16,17). The van der Waals surface area contributed by atoms with E-state index < -0.39 is 5.97 Å². The molecule has 17 heavy (non-hydrogen) atoms. The molecular formula is C10H19N5O2. The summed E-state index contributed by atoms with van der Waals surface area (Å²) in [6.45, 7) is 4.26. The minimum Gasteiger partial charge on any atom is -0.481 e. The van der Waals surface area contributed by atoms with Gasteiger partial charge in [0.15, 0.2) is 5.82 Å². The summed E-state index contributed by atoms with van der Waals surface area (Å²) in [5.41, 5.74) is 0. The first-order valence-electron chi connectivity index (χ1n) is 5.79. The zero-order chi connectivity index (χ0) is 12.7. The maximum Gasteiger partial charge on any atom is 0.303 e. The van der Waals surface area contributed by atoms with Crippen LogP contribution in [0.15, 0.2) is 0 Å². The summed E-state index contributed by atoms with van der Waals surface area (Å²) in [7, 11) is 1.94. The van der Waals surface area contributed by atoms with Gasteiger partial charge in [0.25, 0.3) is 0 Å². The lowest BCUT2D eigenvalue weighted by Crippen LogP contribution is -2.22. The molecule has 0 atom stereocenters. The van der Waals surface area contributed by atoms with Crippen LogP contribution < -0.4 is 0 Å². The molecule has 0 aliphatic heterocycles. The Morgan fingerprint density at radius 3 is 2.94 bits per heavy atom. The van der Waals surface area contributed by atoms with Gasteiger partial charge in [-0.15, -0.1) is 5.10 Å². The van der Waals surface area contributed by atoms with E-state index in [0.29, 0.717) is 13.0 Å². The summed E-state index contributed by atoms with van der Waals surface area (Å²) in [4.78, 5) is 12.4. The second kappa shape index (κ2) is 6.95. The molecule has 7 heteroatoms. The van der Waals surface area contributed by atoms with Crippen LogP contribution in [-0.2, 0) is 17.9 Å². The lowest BCUT2D eigenvalue weighted by molar-refractivity contribution is -0.137. The van der Waals surface area contributed by atoms with Gasteiger partial charge in [-0.1, -0.05) is 6.92 Å². The van der Waals surface area contributed by atoms with Crippen molar-refractivity contribution in [2.75, 3.05) is 13.6 Å². The summed E-state index contributed by atoms with van der Waals surface area (Å²) in [5, 5.41) is 20.1. The molecule has 0 saturated heterocycles. The van der Waals surface area contributed by atoms with Crippen LogP contribution in [0.2, 0.25) is 0 Å². The Kier molecular flexibility index (Phi) is 5.55. The van der Waals surface area contributed by atoms with Gasteiger partial charge in [-0.05, 0) is 36.9 Å². The summed E-state index contributed by atoms with van der Waals surface area (Å²) in [6, 6.07) is 0. The van der Waals surface area contributed by atoms with Crippen molar-refractivity contribution in [1.82, 2.24) is 25.1 Å². The number of rotatable bonds is 8. The fourth-order valence-corrected chi connectivity index (χ4v) is 1.54. The quantitative estimate of drug-likeness (QED) is 0.708. The van der Waals surface area contributed by atoms with E-state index in [4.69, 9.17) is 5.11 Å². The van der Waals surface area contributed by atoms with Gasteiger partial charge < -0.3 is 5.11 Å². The summed E-state index contributed by atoms with van der Waals surface area (Å²) in [5.74, 6) is 0.0684. The van der Waals surface area contributed by atoms with Crippen LogP contribution in [0.4, 0.5) is 0 Å². The third-order valence-electron chi connectivity index (χ3n) is 2.38. The molecule has 0 unspecified atom stereocenters. The fraction of sp³-hybridized carbons (Fsp3) is 0.800. The molecule has 0 aromatic carbocycles. The summed E-state index contributed by atoms with van der Waals surface area (Å²) < 4.78 is 1.79. The van der Waals surface area contributed by atoms with Crippen LogP contribution in [0.1, 0.15) is 32.0 Å². The SMILES string of the molecule is CCCn1nnnc1CN(C)CCCC(=O)O. The number of aliphatic carboxylic acids is 1. The van der Waals surface area contributed by atoms with Crippen molar-refractivity contribution >= 4 is 5.97 Å². The lowest BCUT2D eigenvalue weighted by atomic mass is 10.3.